The molecule has 9 nitrogen and oxygen atoms in total. The number of pyridine rings is 1. The number of aromatic nitrogens is 4. The van der Waals surface area contributed by atoms with Gasteiger partial charge >= 0.3 is 5.69 Å². The number of hydrogen-bond donors (Lipinski definition) is 1. The topological polar surface area (TPSA) is 116 Å². The van der Waals surface area contributed by atoms with Crippen molar-refractivity contribution in [2.24, 2.45) is 7.05 Å². The van der Waals surface area contributed by atoms with E-state index in [9.17, 15) is 14.9 Å². The highest BCUT2D eigenvalue weighted by Gasteiger charge is 2.24. The van der Waals surface area contributed by atoms with Crippen LogP contribution in [0.4, 0.5) is 5.69 Å². The van der Waals surface area contributed by atoms with E-state index in [1.807, 2.05) is 0 Å². The van der Waals surface area contributed by atoms with Gasteiger partial charge in [0.1, 0.15) is 11.9 Å². The first-order valence-electron chi connectivity index (χ1n) is 5.90. The first-order valence-corrected chi connectivity index (χ1v) is 6.28. The molecule has 0 aliphatic carbocycles. The first kappa shape index (κ1) is 14.9. The minimum Gasteiger partial charge on any atom is -0.351 e. The summed E-state index contributed by atoms with van der Waals surface area (Å²) in [6.07, 6.45) is 3.20. The second-order valence-electron chi connectivity index (χ2n) is 4.10. The number of carbonyl (C=O) groups is 1. The molecule has 0 spiro atoms. The molecule has 0 fully saturated rings. The highest BCUT2D eigenvalue weighted by atomic mass is 35.5. The third-order valence-corrected chi connectivity index (χ3v) is 2.86. The van der Waals surface area contributed by atoms with Crippen LogP contribution < -0.4 is 5.32 Å². The molecule has 10 heteroatoms. The van der Waals surface area contributed by atoms with Gasteiger partial charge in [-0.25, -0.2) is 9.97 Å². The Morgan fingerprint density at radius 1 is 1.52 bits per heavy atom. The summed E-state index contributed by atoms with van der Waals surface area (Å²) in [5, 5.41) is 17.2. The van der Waals surface area contributed by atoms with Crippen molar-refractivity contribution in [2.45, 2.75) is 6.42 Å². The van der Waals surface area contributed by atoms with Crippen LogP contribution in [0.25, 0.3) is 0 Å². The molecule has 0 saturated heterocycles. The van der Waals surface area contributed by atoms with Crippen LogP contribution in [0.1, 0.15) is 16.2 Å². The molecule has 0 saturated carbocycles. The number of hydrogen-bond acceptors (Lipinski definition) is 6. The van der Waals surface area contributed by atoms with Crippen LogP contribution in [-0.2, 0) is 13.5 Å². The van der Waals surface area contributed by atoms with Gasteiger partial charge in [-0.2, -0.15) is 5.10 Å². The van der Waals surface area contributed by atoms with Crippen molar-refractivity contribution >= 4 is 23.2 Å². The molecule has 0 unspecified atom stereocenters. The average molecular weight is 311 g/mol. The Morgan fingerprint density at radius 2 is 2.29 bits per heavy atom. The molecule has 0 aromatic carbocycles. The van der Waals surface area contributed by atoms with Crippen LogP contribution >= 0.6 is 11.6 Å². The summed E-state index contributed by atoms with van der Waals surface area (Å²) >= 11 is 5.65. The van der Waals surface area contributed by atoms with Crippen molar-refractivity contribution in [3.8, 4) is 0 Å². The van der Waals surface area contributed by atoms with E-state index >= 15 is 0 Å². The highest BCUT2D eigenvalue weighted by molar-refractivity contribution is 6.32. The lowest BCUT2D eigenvalue weighted by Gasteiger charge is -2.05. The van der Waals surface area contributed by atoms with Crippen LogP contribution in [0.15, 0.2) is 18.6 Å². The molecule has 0 radical (unpaired) electrons. The molecule has 21 heavy (non-hydrogen) atoms. The Balaban J connectivity index is 2.04. The van der Waals surface area contributed by atoms with Gasteiger partial charge in [0.25, 0.3) is 5.91 Å². The summed E-state index contributed by atoms with van der Waals surface area (Å²) in [4.78, 5) is 29.8. The van der Waals surface area contributed by atoms with Gasteiger partial charge in [0.2, 0.25) is 5.15 Å². The second kappa shape index (κ2) is 6.27. The summed E-state index contributed by atoms with van der Waals surface area (Å²) in [6.45, 7) is 0.250. The zero-order chi connectivity index (χ0) is 15.4. The number of aryl methyl sites for hydroxylation is 1. The maximum absolute atomic E-state index is 12.0. The van der Waals surface area contributed by atoms with Crippen molar-refractivity contribution in [1.82, 2.24) is 25.1 Å². The quantitative estimate of drug-likeness (QED) is 0.495. The zero-order valence-electron chi connectivity index (χ0n) is 11.0. The van der Waals surface area contributed by atoms with E-state index < -0.39 is 16.5 Å². The number of nitrogens with one attached hydrogen (secondary N) is 1. The molecule has 1 amide bonds. The lowest BCUT2D eigenvalue weighted by atomic mass is 10.2. The van der Waals surface area contributed by atoms with Crippen molar-refractivity contribution < 1.29 is 9.72 Å². The Morgan fingerprint density at radius 3 is 2.90 bits per heavy atom. The molecular formula is C11H11ClN6O3. The third-order valence-electron chi connectivity index (χ3n) is 2.59. The molecule has 2 rings (SSSR count). The number of halogens is 1. The fourth-order valence-electron chi connectivity index (χ4n) is 1.67. The maximum atomic E-state index is 12.0. The van der Waals surface area contributed by atoms with E-state index in [1.165, 1.54) is 12.3 Å². The highest BCUT2D eigenvalue weighted by Crippen LogP contribution is 2.25. The SMILES string of the molecule is Cn1cnc(CCNC(=O)c2ccnc(Cl)c2[N+](=O)[O-])n1. The molecule has 0 aliphatic rings. The van der Waals surface area contributed by atoms with Crippen molar-refractivity contribution in [3.63, 3.8) is 0 Å². The van der Waals surface area contributed by atoms with Gasteiger partial charge in [0.05, 0.1) is 4.92 Å². The van der Waals surface area contributed by atoms with Gasteiger partial charge in [0.15, 0.2) is 5.82 Å². The van der Waals surface area contributed by atoms with E-state index in [2.05, 4.69) is 20.4 Å². The lowest BCUT2D eigenvalue weighted by molar-refractivity contribution is -0.385. The van der Waals surface area contributed by atoms with Gasteiger partial charge in [0, 0.05) is 26.2 Å². The minimum absolute atomic E-state index is 0.131. The summed E-state index contributed by atoms with van der Waals surface area (Å²) in [6, 6.07) is 1.25. The van der Waals surface area contributed by atoms with Crippen molar-refractivity contribution in [1.29, 1.82) is 0 Å². The number of carbonyl (C=O) groups excluding carboxylic acids is 1. The molecule has 110 valence electrons. The van der Waals surface area contributed by atoms with Crippen LogP contribution in [0.3, 0.4) is 0 Å². The minimum atomic E-state index is -0.732. The Kier molecular flexibility index (Phi) is 4.43. The van der Waals surface area contributed by atoms with E-state index in [4.69, 9.17) is 11.6 Å². The van der Waals surface area contributed by atoms with E-state index in [-0.39, 0.29) is 17.3 Å². The van der Waals surface area contributed by atoms with Gasteiger partial charge in [-0.05, 0) is 6.07 Å². The largest absolute Gasteiger partial charge is 0.351 e. The summed E-state index contributed by atoms with van der Waals surface area (Å²) in [5.74, 6) is -0.0259. The molecule has 0 atom stereocenters. The van der Waals surface area contributed by atoms with Gasteiger partial charge in [-0.3, -0.25) is 19.6 Å². The third kappa shape index (κ3) is 3.51. The van der Waals surface area contributed by atoms with E-state index in [1.54, 1.807) is 18.1 Å². The normalized spacial score (nSPS) is 10.4. The fourth-order valence-corrected chi connectivity index (χ4v) is 1.89. The predicted octanol–water partition coefficient (Wildman–Crippen LogP) is 0.744. The van der Waals surface area contributed by atoms with Crippen molar-refractivity contribution in [3.05, 3.63) is 45.2 Å². The summed E-state index contributed by atoms with van der Waals surface area (Å²) in [5.41, 5.74) is -0.637. The molecule has 0 bridgehead atoms. The Bertz CT molecular complexity index is 686. The molecule has 2 aromatic heterocycles. The molecule has 2 heterocycles. The summed E-state index contributed by atoms with van der Waals surface area (Å²) < 4.78 is 1.55. The predicted molar refractivity (Wildman–Crippen MR) is 72.9 cm³/mol. The number of rotatable bonds is 5. The monoisotopic (exact) mass is 310 g/mol. The summed E-state index contributed by atoms with van der Waals surface area (Å²) in [7, 11) is 1.73. The standard InChI is InChI=1S/C11H11ClN6O3/c1-17-6-15-8(16-17)3-5-14-11(19)7-2-4-13-10(12)9(7)18(20)21/h2,4,6H,3,5H2,1H3,(H,14,19). The zero-order valence-corrected chi connectivity index (χ0v) is 11.7. The maximum Gasteiger partial charge on any atom is 0.319 e. The molecule has 2 aromatic rings. The van der Waals surface area contributed by atoms with Crippen LogP contribution in [0, 0.1) is 10.1 Å². The van der Waals surface area contributed by atoms with E-state index in [0.29, 0.717) is 12.2 Å². The van der Waals surface area contributed by atoms with Gasteiger partial charge in [-0.1, -0.05) is 11.6 Å². The molecule has 0 aliphatic heterocycles. The van der Waals surface area contributed by atoms with Crippen LogP contribution in [-0.4, -0.2) is 37.1 Å². The molecular weight excluding hydrogens is 300 g/mol. The van der Waals surface area contributed by atoms with E-state index in [0.717, 1.165) is 0 Å². The number of amides is 1. The van der Waals surface area contributed by atoms with Crippen LogP contribution in [0.5, 0.6) is 0 Å². The molecule has 1 N–H and O–H groups in total. The number of nitrogens with zero attached hydrogens (tertiary/aromatic N) is 5. The first-order chi connectivity index (χ1) is 9.99. The van der Waals surface area contributed by atoms with Gasteiger partial charge in [-0.15, -0.1) is 0 Å². The lowest BCUT2D eigenvalue weighted by Crippen LogP contribution is -2.26. The smallest absolute Gasteiger partial charge is 0.319 e. The Hall–Kier alpha value is -2.55. The Labute approximate surface area is 124 Å². The second-order valence-corrected chi connectivity index (χ2v) is 4.45. The fraction of sp³-hybridized carbons (Fsp3) is 0.273. The average Bonchev–Trinajstić information content (AvgIpc) is 2.83. The van der Waals surface area contributed by atoms with Gasteiger partial charge < -0.3 is 5.32 Å². The van der Waals surface area contributed by atoms with Crippen LogP contribution in [0.2, 0.25) is 5.15 Å². The number of nitro groups is 1. The van der Waals surface area contributed by atoms with Crippen molar-refractivity contribution in [2.75, 3.05) is 6.54 Å².